The van der Waals surface area contributed by atoms with Gasteiger partial charge in [-0.3, -0.25) is 29.8 Å². The van der Waals surface area contributed by atoms with Gasteiger partial charge in [-0.05, 0) is 157 Å². The molecule has 0 saturated carbocycles. The maximum absolute atomic E-state index is 12.4. The predicted octanol–water partition coefficient (Wildman–Crippen LogP) is 7.37. The van der Waals surface area contributed by atoms with Crippen molar-refractivity contribution in [1.29, 1.82) is 0 Å². The molecule has 0 aliphatic rings. The van der Waals surface area contributed by atoms with E-state index in [1.54, 1.807) is 100 Å². The van der Waals surface area contributed by atoms with Crippen LogP contribution in [-0.2, 0) is 74.5 Å². The minimum absolute atomic E-state index is 0. The Morgan fingerprint density at radius 3 is 1.07 bits per heavy atom. The molecule has 8 N–H and O–H groups in total. The summed E-state index contributed by atoms with van der Waals surface area (Å²) in [4.78, 5) is 133. The summed E-state index contributed by atoms with van der Waals surface area (Å²) in [6, 6.07) is 9.10. The Labute approximate surface area is 698 Å². The number of carbonyl (C=O) groups excluding carboxylic acids is 7. The quantitative estimate of drug-likeness (QED) is 0.00481. The Bertz CT molecular complexity index is 2810. The van der Waals surface area contributed by atoms with E-state index < -0.39 is 116 Å². The van der Waals surface area contributed by atoms with E-state index in [1.165, 1.54) is 24.3 Å². The maximum atomic E-state index is 12.4. The molecule has 3 amide bonds. The van der Waals surface area contributed by atoms with Crippen LogP contribution in [0, 0.1) is 43.9 Å². The molecule has 2 aromatic carbocycles. The van der Waals surface area contributed by atoms with Crippen LogP contribution in [0.15, 0.2) is 48.5 Å². The molecule has 4 unspecified atom stereocenters. The van der Waals surface area contributed by atoms with Crippen LogP contribution in [0.1, 0.15) is 223 Å². The van der Waals surface area contributed by atoms with E-state index in [4.69, 9.17) is 71.1 Å². The molecule has 4 atom stereocenters. The Balaban J connectivity index is -0.000000179. The van der Waals surface area contributed by atoms with Crippen molar-refractivity contribution < 1.29 is 221 Å². The number of esters is 1. The number of hydrogen-bond donors (Lipinski definition) is 7. The number of benzene rings is 2. The van der Waals surface area contributed by atoms with Crippen molar-refractivity contribution in [3.05, 3.63) is 79.9 Å². The van der Waals surface area contributed by atoms with Gasteiger partial charge in [-0.1, -0.05) is 113 Å². The number of nitrogens with one attached hydrogen (secondary N) is 3. The fourth-order valence-corrected chi connectivity index (χ4v) is 6.91. The first-order valence-corrected chi connectivity index (χ1v) is 33.2. The molecule has 2 aromatic rings. The number of rotatable bonds is 29. The number of nitro groups is 2. The van der Waals surface area contributed by atoms with Crippen molar-refractivity contribution in [2.75, 3.05) is 0 Å². The summed E-state index contributed by atoms with van der Waals surface area (Å²) in [6.45, 7) is 41.6. The van der Waals surface area contributed by atoms with Crippen molar-refractivity contribution >= 4 is 83.9 Å². The average molecular weight is 1550 g/mol. The van der Waals surface area contributed by atoms with E-state index in [-0.39, 0.29) is 158 Å². The molecular formula is C68H115ClK2N6O26. The number of amides is 3. The minimum atomic E-state index is -1.05. The second kappa shape index (κ2) is 57.8. The molecule has 2 rings (SSSR count). The number of ether oxygens (including phenoxy) is 7. The smallest absolute Gasteiger partial charge is 1.00 e. The minimum Gasteiger partial charge on any atom is -1.00 e. The number of hydrogen-bond acceptors (Lipinski definition) is 24. The van der Waals surface area contributed by atoms with Gasteiger partial charge < -0.3 is 81.7 Å². The van der Waals surface area contributed by atoms with Crippen LogP contribution in [-0.4, -0.2) is 138 Å². The van der Waals surface area contributed by atoms with Crippen LogP contribution in [0.2, 0.25) is 0 Å². The summed E-state index contributed by atoms with van der Waals surface area (Å²) in [5.74, 6) is -2.61. The van der Waals surface area contributed by atoms with Gasteiger partial charge in [0.1, 0.15) is 58.8 Å². The van der Waals surface area contributed by atoms with Crippen LogP contribution in [0.3, 0.4) is 0 Å². The Morgan fingerprint density at radius 2 is 0.806 bits per heavy atom. The first-order chi connectivity index (χ1) is 46.2. The zero-order valence-corrected chi connectivity index (χ0v) is 72.0. The number of halogens is 1. The first kappa shape index (κ1) is 111. The summed E-state index contributed by atoms with van der Waals surface area (Å²) in [6.07, 6.45) is 0.120. The molecule has 582 valence electrons. The first-order valence-electron chi connectivity index (χ1n) is 32.6. The summed E-state index contributed by atoms with van der Waals surface area (Å²) in [5.41, 5.74) is 2.86. The number of alkyl carbamates (subject to hydrolysis) is 3. The van der Waals surface area contributed by atoms with Gasteiger partial charge in [0.2, 0.25) is 0 Å². The fraction of sp³-hybridized carbons (Fsp3) is 0.676. The number of carboxylic acids is 3. The zero-order valence-electron chi connectivity index (χ0n) is 66.0. The molecule has 0 aliphatic carbocycles. The van der Waals surface area contributed by atoms with Crippen molar-refractivity contribution in [3.63, 3.8) is 0 Å². The van der Waals surface area contributed by atoms with Crippen LogP contribution >= 0.6 is 11.6 Å². The van der Waals surface area contributed by atoms with Gasteiger partial charge in [0.15, 0.2) is 0 Å². The van der Waals surface area contributed by atoms with Crippen LogP contribution in [0.4, 0.5) is 35.3 Å². The summed E-state index contributed by atoms with van der Waals surface area (Å²) in [5, 5.41) is 63.3. The van der Waals surface area contributed by atoms with Crippen molar-refractivity contribution in [2.24, 2.45) is 29.4 Å². The van der Waals surface area contributed by atoms with E-state index in [1.807, 2.05) is 83.1 Å². The van der Waals surface area contributed by atoms with Crippen molar-refractivity contribution in [3.8, 4) is 0 Å². The fourth-order valence-electron chi connectivity index (χ4n) is 6.68. The number of carboxylic acid groups (broad SMARTS) is 3. The van der Waals surface area contributed by atoms with Crippen LogP contribution in [0.25, 0.3) is 0 Å². The Kier molecular flexibility index (Phi) is 62.3. The van der Waals surface area contributed by atoms with Crippen LogP contribution in [0.5, 0.6) is 0 Å². The normalized spacial score (nSPS) is 11.9. The van der Waals surface area contributed by atoms with E-state index in [0.717, 1.165) is 0 Å². The summed E-state index contributed by atoms with van der Waals surface area (Å²) >= 11 is 5.47. The summed E-state index contributed by atoms with van der Waals surface area (Å²) < 4.78 is 34.9. The van der Waals surface area contributed by atoms with Gasteiger partial charge in [-0.2, -0.15) is 0 Å². The standard InChI is InChI=1S/C19H28N2O6.2C12H23NO4.C11H20O5.C7H6ClNO2.C6H13NO2.CH2O3.2K.H/c1-6-19(4,5)27-18(23)20-15(11-13(2)3)17(22)26-12-14-9-7-8-10-16(14)21(24)25;2*1-6-12(4,5)17-11(16)13-9(10(14)15)7-8(2)3;1-7-11(5,6)16-9(13)14-8(12)15-10(2,3)4;8-5-6-3-1-2-4-7(6)9(10)11;1-4(2)3-5(7)6(8)9;2-1-4-3;;;/h7-10,13,15H,6,11-12H2,1-5H3,(H,20,23);2*8-9H,6-7H2,1-5H3,(H,13,16)(H,14,15);7H2,1-6H3;1-4H,5H2;4-5H,3,7H2,1-2H3,(H,8,9);1,3H;;;/q;;;;;;;2*+1;-1/p-1. The number of para-hydroxylation sites is 2. The van der Waals surface area contributed by atoms with Gasteiger partial charge in [-0.25, -0.2) is 38.4 Å². The molecule has 32 nitrogen and oxygen atoms in total. The molecule has 35 heteroatoms. The van der Waals surface area contributed by atoms with Gasteiger partial charge in [0.05, 0.1) is 21.3 Å². The predicted molar refractivity (Wildman–Crippen MR) is 374 cm³/mol. The Morgan fingerprint density at radius 1 is 0.515 bits per heavy atom. The van der Waals surface area contributed by atoms with Gasteiger partial charge in [-0.15, -0.1) is 11.6 Å². The number of aliphatic carboxylic acids is 3. The second-order valence-corrected chi connectivity index (χ2v) is 27.7. The number of alkyl halides is 1. The number of nitrogens with zero attached hydrogens (tertiary/aromatic N) is 2. The van der Waals surface area contributed by atoms with Crippen LogP contribution < -0.4 is 130 Å². The van der Waals surface area contributed by atoms with Gasteiger partial charge in [0, 0.05) is 17.7 Å². The topological polar surface area (TPSA) is 477 Å². The number of carbonyl (C=O) groups is 10. The second-order valence-electron chi connectivity index (χ2n) is 27.5. The largest absolute Gasteiger partial charge is 1.00 e. The molecule has 0 spiro atoms. The van der Waals surface area contributed by atoms with Crippen molar-refractivity contribution in [2.45, 2.75) is 275 Å². The Hall–Kier alpha value is -5.38. The molecule has 0 fully saturated rings. The third-order valence-electron chi connectivity index (χ3n) is 13.3. The third-order valence-corrected chi connectivity index (χ3v) is 13.6. The van der Waals surface area contributed by atoms with E-state index in [9.17, 15) is 63.4 Å². The molecule has 0 aromatic heterocycles. The van der Waals surface area contributed by atoms with Gasteiger partial charge in [0.25, 0.3) is 17.8 Å². The molecule has 0 radical (unpaired) electrons. The van der Waals surface area contributed by atoms with E-state index in [2.05, 4.69) is 25.6 Å². The molecule has 0 heterocycles. The molecule has 0 aliphatic heterocycles. The molecule has 0 bridgehead atoms. The van der Waals surface area contributed by atoms with E-state index in [0.29, 0.717) is 62.8 Å². The molecule has 103 heavy (non-hydrogen) atoms. The number of nitrogens with two attached hydrogens (primary N) is 1. The molecule has 0 saturated heterocycles. The maximum Gasteiger partial charge on any atom is 1.00 e. The average Bonchev–Trinajstić information content (AvgIpc) is 0.870. The monoisotopic (exact) mass is 1540 g/mol. The number of nitro benzene ring substituents is 2. The third kappa shape index (κ3) is 62.5. The SMILES string of the molecule is CC(C)CC(N)C(=O)O.CCC(C)(C)OC(=O)NC(CC(C)C)C(=O)O.CCC(C)(C)OC(=O)NC(CC(C)C)C(=O)O.CCC(C)(C)OC(=O)NC(CC(C)C)C(=O)OCc1ccccc1[N+](=O)[O-].CCC(C)(C)OC(=O)OC(=O)OC(C)(C)C.O=CO[O-].O=[N+]([O-])c1ccccc1CCl.[H-].[K+].[K+]. The van der Waals surface area contributed by atoms with E-state index >= 15 is 0 Å². The molecular weight excluding hydrogens is 1430 g/mol. The summed E-state index contributed by atoms with van der Waals surface area (Å²) in [7, 11) is 0. The zero-order chi connectivity index (χ0) is 80.0. The van der Waals surface area contributed by atoms with Gasteiger partial charge >= 0.3 is 157 Å². The van der Waals surface area contributed by atoms with Crippen molar-refractivity contribution in [1.82, 2.24) is 16.0 Å².